The first kappa shape index (κ1) is 15.2. The Bertz CT molecular complexity index is 586. The van der Waals surface area contributed by atoms with Crippen molar-refractivity contribution in [3.63, 3.8) is 0 Å². The molecule has 112 valence electrons. The molecule has 5 heteroatoms. The number of rotatable bonds is 7. The van der Waals surface area contributed by atoms with E-state index in [1.165, 1.54) is 0 Å². The van der Waals surface area contributed by atoms with Gasteiger partial charge in [0, 0.05) is 24.5 Å². The molecule has 0 atom stereocenters. The van der Waals surface area contributed by atoms with Crippen LogP contribution in [-0.4, -0.2) is 21.6 Å². The highest BCUT2D eigenvalue weighted by molar-refractivity contribution is 5.41. The minimum Gasteiger partial charge on any atom is -0.477 e. The summed E-state index contributed by atoms with van der Waals surface area (Å²) in [5.41, 5.74) is 2.81. The molecule has 0 radical (unpaired) electrons. The zero-order valence-electron chi connectivity index (χ0n) is 12.9. The summed E-state index contributed by atoms with van der Waals surface area (Å²) in [5.74, 6) is 1.50. The quantitative estimate of drug-likeness (QED) is 0.791. The van der Waals surface area contributed by atoms with Gasteiger partial charge in [-0.3, -0.25) is 4.98 Å². The Hall–Kier alpha value is -2.17. The van der Waals surface area contributed by atoms with E-state index in [-0.39, 0.29) is 0 Å². The minimum atomic E-state index is 0.619. The van der Waals surface area contributed by atoms with Crippen LogP contribution in [0.3, 0.4) is 0 Å². The number of hydrogen-bond acceptors (Lipinski definition) is 5. The van der Waals surface area contributed by atoms with Gasteiger partial charge in [0.2, 0.25) is 5.88 Å². The SMILES string of the molecule is CCCCOc1ncccc1CNc1nc(C)cnc1C. The van der Waals surface area contributed by atoms with Crippen molar-refractivity contribution in [1.82, 2.24) is 15.0 Å². The van der Waals surface area contributed by atoms with Gasteiger partial charge in [0.05, 0.1) is 18.0 Å². The van der Waals surface area contributed by atoms with E-state index in [1.807, 2.05) is 26.0 Å². The van der Waals surface area contributed by atoms with Crippen LogP contribution in [0, 0.1) is 13.8 Å². The predicted octanol–water partition coefficient (Wildman–Crippen LogP) is 3.28. The summed E-state index contributed by atoms with van der Waals surface area (Å²) >= 11 is 0. The maximum atomic E-state index is 5.73. The van der Waals surface area contributed by atoms with Crippen molar-refractivity contribution in [2.75, 3.05) is 11.9 Å². The summed E-state index contributed by atoms with van der Waals surface area (Å²) in [6.07, 6.45) is 5.66. The van der Waals surface area contributed by atoms with Crippen LogP contribution in [0.4, 0.5) is 5.82 Å². The van der Waals surface area contributed by atoms with Crippen molar-refractivity contribution >= 4 is 5.82 Å². The number of aryl methyl sites for hydroxylation is 2. The average molecular weight is 286 g/mol. The molecule has 0 aliphatic carbocycles. The Morgan fingerprint density at radius 3 is 2.90 bits per heavy atom. The van der Waals surface area contributed by atoms with Crippen molar-refractivity contribution in [3.05, 3.63) is 41.5 Å². The average Bonchev–Trinajstić information content (AvgIpc) is 2.49. The van der Waals surface area contributed by atoms with E-state index in [4.69, 9.17) is 4.74 Å². The van der Waals surface area contributed by atoms with Gasteiger partial charge in [-0.25, -0.2) is 9.97 Å². The molecule has 2 rings (SSSR count). The van der Waals surface area contributed by atoms with Gasteiger partial charge in [-0.1, -0.05) is 19.4 Å². The first-order chi connectivity index (χ1) is 10.2. The number of hydrogen-bond donors (Lipinski definition) is 1. The van der Waals surface area contributed by atoms with Crippen molar-refractivity contribution in [3.8, 4) is 5.88 Å². The molecule has 0 aliphatic heterocycles. The second-order valence-corrected chi connectivity index (χ2v) is 4.97. The minimum absolute atomic E-state index is 0.619. The largest absolute Gasteiger partial charge is 0.477 e. The van der Waals surface area contributed by atoms with Crippen LogP contribution in [-0.2, 0) is 6.54 Å². The van der Waals surface area contributed by atoms with Crippen LogP contribution in [0.2, 0.25) is 0 Å². The molecule has 0 unspecified atom stereocenters. The van der Waals surface area contributed by atoms with Crippen LogP contribution in [0.15, 0.2) is 24.5 Å². The van der Waals surface area contributed by atoms with Crippen molar-refractivity contribution in [1.29, 1.82) is 0 Å². The van der Waals surface area contributed by atoms with E-state index >= 15 is 0 Å². The highest BCUT2D eigenvalue weighted by atomic mass is 16.5. The summed E-state index contributed by atoms with van der Waals surface area (Å²) in [7, 11) is 0. The van der Waals surface area contributed by atoms with E-state index in [9.17, 15) is 0 Å². The molecular formula is C16H22N4O. The summed E-state index contributed by atoms with van der Waals surface area (Å²) < 4.78 is 5.73. The molecule has 1 N–H and O–H groups in total. The number of ether oxygens (including phenoxy) is 1. The Balaban J connectivity index is 2.04. The number of pyridine rings is 1. The lowest BCUT2D eigenvalue weighted by atomic mass is 10.2. The molecule has 0 amide bonds. The molecule has 2 aromatic heterocycles. The van der Waals surface area contributed by atoms with Gasteiger partial charge < -0.3 is 10.1 Å². The number of unbranched alkanes of at least 4 members (excludes halogenated alkanes) is 1. The maximum absolute atomic E-state index is 5.73. The molecule has 0 aromatic carbocycles. The Kier molecular flexibility index (Phi) is 5.49. The van der Waals surface area contributed by atoms with Crippen LogP contribution in [0.1, 0.15) is 36.7 Å². The fourth-order valence-electron chi connectivity index (χ4n) is 1.89. The van der Waals surface area contributed by atoms with Crippen LogP contribution in [0.5, 0.6) is 5.88 Å². The molecular weight excluding hydrogens is 264 g/mol. The second kappa shape index (κ2) is 7.57. The molecule has 0 saturated carbocycles. The molecule has 0 fully saturated rings. The molecule has 0 spiro atoms. The topological polar surface area (TPSA) is 59.9 Å². The maximum Gasteiger partial charge on any atom is 0.218 e. The highest BCUT2D eigenvalue weighted by Crippen LogP contribution is 2.17. The summed E-state index contributed by atoms with van der Waals surface area (Å²) in [5, 5.41) is 3.31. The van der Waals surface area contributed by atoms with E-state index in [0.717, 1.165) is 35.6 Å². The van der Waals surface area contributed by atoms with Gasteiger partial charge in [-0.2, -0.15) is 0 Å². The number of nitrogens with one attached hydrogen (secondary N) is 1. The molecule has 0 aliphatic rings. The smallest absolute Gasteiger partial charge is 0.218 e. The zero-order chi connectivity index (χ0) is 15.1. The second-order valence-electron chi connectivity index (χ2n) is 4.97. The van der Waals surface area contributed by atoms with E-state index < -0.39 is 0 Å². The third-order valence-electron chi connectivity index (χ3n) is 3.11. The monoisotopic (exact) mass is 286 g/mol. The summed E-state index contributed by atoms with van der Waals surface area (Å²) in [6.45, 7) is 7.33. The molecule has 0 saturated heterocycles. The highest BCUT2D eigenvalue weighted by Gasteiger charge is 2.07. The first-order valence-electron chi connectivity index (χ1n) is 7.31. The molecule has 5 nitrogen and oxygen atoms in total. The summed E-state index contributed by atoms with van der Waals surface area (Å²) in [6, 6.07) is 3.93. The molecule has 0 bridgehead atoms. The molecule has 2 aromatic rings. The van der Waals surface area contributed by atoms with Crippen LogP contribution in [0.25, 0.3) is 0 Å². The normalized spacial score (nSPS) is 10.4. The fourth-order valence-corrected chi connectivity index (χ4v) is 1.89. The van der Waals surface area contributed by atoms with Gasteiger partial charge in [0.1, 0.15) is 5.82 Å². The van der Waals surface area contributed by atoms with Gasteiger partial charge in [0.25, 0.3) is 0 Å². The number of aromatic nitrogens is 3. The Morgan fingerprint density at radius 2 is 2.10 bits per heavy atom. The van der Waals surface area contributed by atoms with Crippen LogP contribution < -0.4 is 10.1 Å². The van der Waals surface area contributed by atoms with Gasteiger partial charge in [-0.05, 0) is 26.3 Å². The van der Waals surface area contributed by atoms with Crippen molar-refractivity contribution in [2.45, 2.75) is 40.2 Å². The van der Waals surface area contributed by atoms with E-state index in [1.54, 1.807) is 12.4 Å². The number of nitrogens with zero attached hydrogens (tertiary/aromatic N) is 3. The van der Waals surface area contributed by atoms with E-state index in [2.05, 4.69) is 27.2 Å². The van der Waals surface area contributed by atoms with Crippen molar-refractivity contribution in [2.24, 2.45) is 0 Å². The lowest BCUT2D eigenvalue weighted by Crippen LogP contribution is -2.08. The lowest BCUT2D eigenvalue weighted by Gasteiger charge is -2.12. The lowest BCUT2D eigenvalue weighted by molar-refractivity contribution is 0.295. The number of anilines is 1. The Morgan fingerprint density at radius 1 is 1.24 bits per heavy atom. The third kappa shape index (κ3) is 4.41. The van der Waals surface area contributed by atoms with Gasteiger partial charge in [-0.15, -0.1) is 0 Å². The Labute approximate surface area is 125 Å². The van der Waals surface area contributed by atoms with Crippen LogP contribution >= 0.6 is 0 Å². The van der Waals surface area contributed by atoms with Gasteiger partial charge >= 0.3 is 0 Å². The molecule has 2 heterocycles. The van der Waals surface area contributed by atoms with Crippen molar-refractivity contribution < 1.29 is 4.74 Å². The first-order valence-corrected chi connectivity index (χ1v) is 7.31. The molecule has 21 heavy (non-hydrogen) atoms. The zero-order valence-corrected chi connectivity index (χ0v) is 12.9. The fraction of sp³-hybridized carbons (Fsp3) is 0.438. The standard InChI is InChI=1S/C16H22N4O/c1-4-5-9-21-16-14(7-6-8-17-16)11-19-15-13(3)18-10-12(2)20-15/h6-8,10H,4-5,9,11H2,1-3H3,(H,19,20). The van der Waals surface area contributed by atoms with Gasteiger partial charge in [0.15, 0.2) is 0 Å². The summed E-state index contributed by atoms with van der Waals surface area (Å²) in [4.78, 5) is 13.1. The predicted molar refractivity (Wildman–Crippen MR) is 83.5 cm³/mol. The van der Waals surface area contributed by atoms with E-state index in [0.29, 0.717) is 19.0 Å². The third-order valence-corrected chi connectivity index (χ3v) is 3.11.